The Balaban J connectivity index is 1.83. The zero-order valence-electron chi connectivity index (χ0n) is 11.2. The van der Waals surface area contributed by atoms with E-state index in [0.717, 1.165) is 29.3 Å². The molecule has 0 bridgehead atoms. The lowest BCUT2D eigenvalue weighted by Crippen LogP contribution is -2.40. The molecule has 0 radical (unpaired) electrons. The summed E-state index contributed by atoms with van der Waals surface area (Å²) >= 11 is 0. The van der Waals surface area contributed by atoms with Gasteiger partial charge in [-0.2, -0.15) is 0 Å². The fourth-order valence-electron chi connectivity index (χ4n) is 2.82. The van der Waals surface area contributed by atoms with Crippen LogP contribution in [0.25, 0.3) is 10.9 Å². The van der Waals surface area contributed by atoms with Crippen molar-refractivity contribution in [3.8, 4) is 0 Å². The second-order valence-corrected chi connectivity index (χ2v) is 5.42. The lowest BCUT2D eigenvalue weighted by molar-refractivity contribution is -0.0999. The molecule has 2 aromatic rings. The van der Waals surface area contributed by atoms with Crippen LogP contribution in [-0.4, -0.2) is 22.8 Å². The van der Waals surface area contributed by atoms with Crippen molar-refractivity contribution in [2.75, 3.05) is 7.11 Å². The Hall–Kier alpha value is -1.45. The Kier molecular flexibility index (Phi) is 3.25. The van der Waals surface area contributed by atoms with E-state index in [9.17, 15) is 5.11 Å². The summed E-state index contributed by atoms with van der Waals surface area (Å²) in [6.07, 6.45) is 5.26. The average Bonchev–Trinajstić information content (AvgIpc) is 2.42. The van der Waals surface area contributed by atoms with E-state index in [2.05, 4.69) is 4.98 Å². The Morgan fingerprint density at radius 1 is 1.37 bits per heavy atom. The monoisotopic (exact) mass is 257 g/mol. The summed E-state index contributed by atoms with van der Waals surface area (Å²) in [5.41, 5.74) is 1.74. The van der Waals surface area contributed by atoms with Gasteiger partial charge in [0.2, 0.25) is 0 Å². The highest BCUT2D eigenvalue weighted by Crippen LogP contribution is 2.41. The van der Waals surface area contributed by atoms with Gasteiger partial charge in [-0.1, -0.05) is 18.2 Å². The number of methoxy groups -OCH3 is 1. The third kappa shape index (κ3) is 2.36. The van der Waals surface area contributed by atoms with E-state index in [1.807, 2.05) is 30.3 Å². The Bertz CT molecular complexity index is 572. The first-order chi connectivity index (χ1) is 9.22. The lowest BCUT2D eigenvalue weighted by Gasteiger charge is -2.41. The van der Waals surface area contributed by atoms with E-state index in [1.54, 1.807) is 13.3 Å². The molecule has 1 heterocycles. The molecular formula is C16H19NO2. The molecule has 1 N–H and O–H groups in total. The summed E-state index contributed by atoms with van der Waals surface area (Å²) in [5, 5.41) is 11.5. The fourth-order valence-corrected chi connectivity index (χ4v) is 2.82. The van der Waals surface area contributed by atoms with Crippen molar-refractivity contribution >= 4 is 10.9 Å². The van der Waals surface area contributed by atoms with Gasteiger partial charge in [-0.15, -0.1) is 0 Å². The molecule has 0 saturated heterocycles. The number of rotatable bonds is 4. The number of hydrogen-bond donors (Lipinski definition) is 1. The molecule has 1 atom stereocenters. The van der Waals surface area contributed by atoms with Gasteiger partial charge in [-0.25, -0.2) is 0 Å². The summed E-state index contributed by atoms with van der Waals surface area (Å²) in [6.45, 7) is 0. The van der Waals surface area contributed by atoms with Crippen LogP contribution in [0.5, 0.6) is 0 Å². The topological polar surface area (TPSA) is 42.4 Å². The number of fused-ring (bicyclic) bond motifs is 1. The highest BCUT2D eigenvalue weighted by molar-refractivity contribution is 5.78. The molecule has 3 nitrogen and oxygen atoms in total. The molecular weight excluding hydrogens is 238 g/mol. The van der Waals surface area contributed by atoms with Crippen LogP contribution in [0, 0.1) is 0 Å². The first-order valence-corrected chi connectivity index (χ1v) is 6.80. The van der Waals surface area contributed by atoms with Crippen molar-refractivity contribution in [1.29, 1.82) is 0 Å². The Labute approximate surface area is 113 Å². The standard InChI is InChI=1S/C16H19NO2/c1-19-16(7-3-8-16)11-15(18)13-6-5-12-4-2-9-17-14(12)10-13/h2,4-6,9-10,15,18H,3,7-8,11H2,1H3. The van der Waals surface area contributed by atoms with E-state index < -0.39 is 6.10 Å². The van der Waals surface area contributed by atoms with Gasteiger partial charge < -0.3 is 9.84 Å². The molecule has 1 fully saturated rings. The predicted molar refractivity (Wildman–Crippen MR) is 74.9 cm³/mol. The largest absolute Gasteiger partial charge is 0.388 e. The van der Waals surface area contributed by atoms with Crippen molar-refractivity contribution in [3.05, 3.63) is 42.1 Å². The third-order valence-corrected chi connectivity index (χ3v) is 4.28. The summed E-state index contributed by atoms with van der Waals surface area (Å²) in [4.78, 5) is 4.33. The van der Waals surface area contributed by atoms with Gasteiger partial charge in [0.1, 0.15) is 0 Å². The van der Waals surface area contributed by atoms with Crippen molar-refractivity contribution in [2.45, 2.75) is 37.4 Å². The molecule has 100 valence electrons. The molecule has 0 aliphatic heterocycles. The average molecular weight is 257 g/mol. The van der Waals surface area contributed by atoms with Crippen molar-refractivity contribution < 1.29 is 9.84 Å². The van der Waals surface area contributed by atoms with Gasteiger partial charge >= 0.3 is 0 Å². The van der Waals surface area contributed by atoms with Gasteiger partial charge in [0, 0.05) is 25.1 Å². The van der Waals surface area contributed by atoms with Gasteiger partial charge in [0.05, 0.1) is 17.2 Å². The van der Waals surface area contributed by atoms with Crippen LogP contribution in [0.4, 0.5) is 0 Å². The maximum absolute atomic E-state index is 10.4. The molecule has 0 spiro atoms. The minimum Gasteiger partial charge on any atom is -0.388 e. The maximum Gasteiger partial charge on any atom is 0.0818 e. The lowest BCUT2D eigenvalue weighted by atomic mass is 9.75. The Morgan fingerprint density at radius 3 is 2.89 bits per heavy atom. The highest BCUT2D eigenvalue weighted by Gasteiger charge is 2.38. The second kappa shape index (κ2) is 4.91. The summed E-state index contributed by atoms with van der Waals surface area (Å²) in [7, 11) is 1.74. The summed E-state index contributed by atoms with van der Waals surface area (Å²) in [6, 6.07) is 9.92. The number of nitrogens with zero attached hydrogens (tertiary/aromatic N) is 1. The first kappa shape index (κ1) is 12.6. The minimum absolute atomic E-state index is 0.113. The first-order valence-electron chi connectivity index (χ1n) is 6.80. The zero-order valence-corrected chi connectivity index (χ0v) is 11.2. The van der Waals surface area contributed by atoms with E-state index in [0.29, 0.717) is 6.42 Å². The number of benzene rings is 1. The van der Waals surface area contributed by atoms with Gasteiger partial charge in [-0.3, -0.25) is 4.98 Å². The smallest absolute Gasteiger partial charge is 0.0818 e. The zero-order chi connectivity index (χ0) is 13.3. The molecule has 1 aliphatic rings. The van der Waals surface area contributed by atoms with Crippen LogP contribution in [0.1, 0.15) is 37.4 Å². The van der Waals surface area contributed by atoms with Crippen LogP contribution >= 0.6 is 0 Å². The molecule has 1 aliphatic carbocycles. The molecule has 3 rings (SSSR count). The van der Waals surface area contributed by atoms with E-state index in [-0.39, 0.29) is 5.60 Å². The molecule has 1 aromatic carbocycles. The molecule has 19 heavy (non-hydrogen) atoms. The number of aromatic nitrogens is 1. The van der Waals surface area contributed by atoms with Crippen molar-refractivity contribution in [1.82, 2.24) is 4.98 Å². The SMILES string of the molecule is COC1(CC(O)c2ccc3cccnc3c2)CCC1. The molecule has 1 unspecified atom stereocenters. The number of hydrogen-bond acceptors (Lipinski definition) is 3. The van der Waals surface area contributed by atoms with Crippen LogP contribution in [0.3, 0.4) is 0 Å². The van der Waals surface area contributed by atoms with Crippen molar-refractivity contribution in [2.24, 2.45) is 0 Å². The fraction of sp³-hybridized carbons (Fsp3) is 0.438. The van der Waals surface area contributed by atoms with Crippen LogP contribution < -0.4 is 0 Å². The summed E-state index contributed by atoms with van der Waals surface area (Å²) < 4.78 is 5.58. The van der Waals surface area contributed by atoms with Gasteiger partial charge in [0.25, 0.3) is 0 Å². The van der Waals surface area contributed by atoms with Crippen molar-refractivity contribution in [3.63, 3.8) is 0 Å². The van der Waals surface area contributed by atoms with Crippen LogP contribution in [-0.2, 0) is 4.74 Å². The van der Waals surface area contributed by atoms with Gasteiger partial charge in [-0.05, 0) is 37.0 Å². The van der Waals surface area contributed by atoms with Crippen LogP contribution in [0.15, 0.2) is 36.5 Å². The van der Waals surface area contributed by atoms with Crippen LogP contribution in [0.2, 0.25) is 0 Å². The normalized spacial score (nSPS) is 19.1. The number of aliphatic hydroxyl groups is 1. The third-order valence-electron chi connectivity index (χ3n) is 4.28. The van der Waals surface area contributed by atoms with E-state index in [1.165, 1.54) is 6.42 Å². The maximum atomic E-state index is 10.4. The molecule has 3 heteroatoms. The molecule has 0 amide bonds. The number of pyridine rings is 1. The van der Waals surface area contributed by atoms with E-state index in [4.69, 9.17) is 4.74 Å². The van der Waals surface area contributed by atoms with E-state index >= 15 is 0 Å². The minimum atomic E-state index is -0.480. The predicted octanol–water partition coefficient (Wildman–Crippen LogP) is 3.23. The number of aliphatic hydroxyl groups excluding tert-OH is 1. The highest BCUT2D eigenvalue weighted by atomic mass is 16.5. The molecule has 1 aromatic heterocycles. The van der Waals surface area contributed by atoms with Gasteiger partial charge in [0.15, 0.2) is 0 Å². The number of ether oxygens (including phenoxy) is 1. The quantitative estimate of drug-likeness (QED) is 0.914. The summed E-state index contributed by atoms with van der Waals surface area (Å²) in [5.74, 6) is 0. The second-order valence-electron chi connectivity index (χ2n) is 5.42. The molecule has 1 saturated carbocycles. The Morgan fingerprint density at radius 2 is 2.21 bits per heavy atom.